The summed E-state index contributed by atoms with van der Waals surface area (Å²) in [6.07, 6.45) is -4.43. The van der Waals surface area contributed by atoms with Gasteiger partial charge in [0.2, 0.25) is 5.82 Å². The highest BCUT2D eigenvalue weighted by atomic mass is 19.4. The van der Waals surface area contributed by atoms with E-state index in [4.69, 9.17) is 14.4 Å². The molecule has 0 amide bonds. The fraction of sp³-hybridized carbons (Fsp3) is 0.118. The van der Waals surface area contributed by atoms with Crippen LogP contribution in [0.1, 0.15) is 5.56 Å². The maximum absolute atomic E-state index is 12.7. The second-order valence-electron chi connectivity index (χ2n) is 5.68. The van der Waals surface area contributed by atoms with Crippen molar-refractivity contribution in [2.24, 2.45) is 0 Å². The molecule has 0 saturated heterocycles. The Hall–Kier alpha value is -3.30. The lowest BCUT2D eigenvalue weighted by Gasteiger charge is -2.08. The van der Waals surface area contributed by atoms with E-state index in [-0.39, 0.29) is 17.5 Å². The van der Waals surface area contributed by atoms with Gasteiger partial charge in [-0.15, -0.1) is 0 Å². The fourth-order valence-corrected chi connectivity index (χ4v) is 2.33. The normalized spacial score (nSPS) is 11.4. The van der Waals surface area contributed by atoms with Gasteiger partial charge in [-0.25, -0.2) is 4.79 Å². The van der Waals surface area contributed by atoms with Crippen LogP contribution < -0.4 is 10.2 Å². The van der Waals surface area contributed by atoms with Gasteiger partial charge in [-0.3, -0.25) is 0 Å². The summed E-state index contributed by atoms with van der Waals surface area (Å²) in [6.45, 7) is -0.546. The number of halogens is 3. The van der Waals surface area contributed by atoms with Gasteiger partial charge in [-0.2, -0.15) is 18.2 Å². The number of rotatable bonds is 5. The number of aromatic nitrogens is 2. The second-order valence-corrected chi connectivity index (χ2v) is 5.68. The van der Waals surface area contributed by atoms with Gasteiger partial charge in [0.05, 0.1) is 11.1 Å². The first-order chi connectivity index (χ1) is 12.7. The molecule has 1 heterocycles. The summed E-state index contributed by atoms with van der Waals surface area (Å²) < 4.78 is 48.4. The molecule has 1 aromatic heterocycles. The summed E-state index contributed by atoms with van der Waals surface area (Å²) >= 11 is 0. The number of carbonyl (C=O) groups is 1. The Balaban J connectivity index is 1.92. The predicted octanol–water partition coefficient (Wildman–Crippen LogP) is 2.14. The van der Waals surface area contributed by atoms with Crippen molar-refractivity contribution in [3.8, 4) is 28.6 Å². The third kappa shape index (κ3) is 4.28. The molecule has 2 aromatic carbocycles. The van der Waals surface area contributed by atoms with Gasteiger partial charge in [0, 0.05) is 5.56 Å². The average Bonchev–Trinajstić information content (AvgIpc) is 3.10. The maximum atomic E-state index is 12.7. The molecule has 0 unspecified atom stereocenters. The van der Waals surface area contributed by atoms with Gasteiger partial charge in [0.15, 0.2) is 6.61 Å². The average molecular weight is 376 g/mol. The van der Waals surface area contributed by atoms with Crippen LogP contribution in [0.2, 0.25) is 0 Å². The Morgan fingerprint density at radius 2 is 1.89 bits per heavy atom. The first-order valence-corrected chi connectivity index (χ1v) is 7.71. The van der Waals surface area contributed by atoms with Crippen molar-refractivity contribution in [3.63, 3.8) is 0 Å². The predicted molar refractivity (Wildman–Crippen MR) is 91.5 cm³/mol. The first-order valence-electron chi connectivity index (χ1n) is 7.71. The van der Waals surface area contributed by atoms with Crippen molar-refractivity contribution in [3.05, 3.63) is 48.0 Å². The third-order valence-corrected chi connectivity index (χ3v) is 3.61. The van der Waals surface area contributed by atoms with E-state index in [0.29, 0.717) is 11.1 Å². The molecular formula is C17H12BF3N2O4. The summed E-state index contributed by atoms with van der Waals surface area (Å²) in [5.74, 6) is -0.735. The molecule has 0 fully saturated rings. The van der Waals surface area contributed by atoms with Crippen molar-refractivity contribution in [2.45, 2.75) is 6.18 Å². The number of hydrogen-bond acceptors (Lipinski definition) is 5. The lowest BCUT2D eigenvalue weighted by molar-refractivity contribution is -0.139. The summed E-state index contributed by atoms with van der Waals surface area (Å²) in [5, 5.41) is 12.5. The molecule has 138 valence electrons. The molecule has 0 radical (unpaired) electrons. The van der Waals surface area contributed by atoms with E-state index in [0.717, 1.165) is 17.6 Å². The maximum Gasteiger partial charge on any atom is 0.416 e. The van der Waals surface area contributed by atoms with Gasteiger partial charge in [-0.1, -0.05) is 34.9 Å². The standard InChI is InChI=1S/C17H12BF3N2O4/c18-11-5-6-13(26-8-14(24)25)12(7-11)16-22-15(23-27-16)9-1-3-10(4-2-9)17(19,20)21/h1-7H,8,18H2,(H,24,25). The number of nitrogens with zero attached hydrogens (tertiary/aromatic N) is 2. The Morgan fingerprint density at radius 3 is 2.52 bits per heavy atom. The Morgan fingerprint density at radius 1 is 1.19 bits per heavy atom. The molecule has 6 nitrogen and oxygen atoms in total. The molecule has 1 N–H and O–H groups in total. The number of carboxylic acids is 1. The molecule has 0 bridgehead atoms. The summed E-state index contributed by atoms with van der Waals surface area (Å²) in [5.41, 5.74) is 0.806. The van der Waals surface area contributed by atoms with Crippen LogP contribution in [0.15, 0.2) is 47.0 Å². The van der Waals surface area contributed by atoms with Crippen LogP contribution in [0.3, 0.4) is 0 Å². The summed E-state index contributed by atoms with van der Waals surface area (Å²) in [4.78, 5) is 14.9. The minimum atomic E-state index is -4.43. The number of hydrogen-bond donors (Lipinski definition) is 1. The molecule has 27 heavy (non-hydrogen) atoms. The highest BCUT2D eigenvalue weighted by Gasteiger charge is 2.30. The van der Waals surface area contributed by atoms with E-state index >= 15 is 0 Å². The van der Waals surface area contributed by atoms with E-state index in [9.17, 15) is 18.0 Å². The molecule has 0 aliphatic carbocycles. The number of alkyl halides is 3. The SMILES string of the molecule is Bc1ccc(OCC(=O)O)c(-c2nc(-c3ccc(C(F)(F)F)cc3)no2)c1. The van der Waals surface area contributed by atoms with Crippen LogP contribution in [0.5, 0.6) is 5.75 Å². The zero-order valence-electron chi connectivity index (χ0n) is 13.9. The molecule has 10 heteroatoms. The monoisotopic (exact) mass is 376 g/mol. The van der Waals surface area contributed by atoms with E-state index in [1.165, 1.54) is 12.1 Å². The highest BCUT2D eigenvalue weighted by molar-refractivity contribution is 6.32. The van der Waals surface area contributed by atoms with Crippen molar-refractivity contribution < 1.29 is 32.3 Å². The quantitative estimate of drug-likeness (QED) is 0.687. The second kappa shape index (κ2) is 7.14. The number of ether oxygens (including phenoxy) is 1. The Bertz CT molecular complexity index is 971. The lowest BCUT2D eigenvalue weighted by Crippen LogP contribution is -2.11. The largest absolute Gasteiger partial charge is 0.481 e. The Kier molecular flexibility index (Phi) is 4.89. The van der Waals surface area contributed by atoms with Crippen LogP contribution in [-0.4, -0.2) is 35.7 Å². The summed E-state index contributed by atoms with van der Waals surface area (Å²) in [6, 6.07) is 9.34. The molecule has 0 saturated carbocycles. The molecule has 0 spiro atoms. The zero-order valence-corrected chi connectivity index (χ0v) is 13.9. The molecular weight excluding hydrogens is 364 g/mol. The molecule has 3 aromatic rings. The van der Waals surface area contributed by atoms with Crippen LogP contribution in [0, 0.1) is 0 Å². The van der Waals surface area contributed by atoms with Crippen molar-refractivity contribution in [2.75, 3.05) is 6.61 Å². The fourth-order valence-electron chi connectivity index (χ4n) is 2.33. The zero-order chi connectivity index (χ0) is 19.6. The number of carboxylic acid groups (broad SMARTS) is 1. The molecule has 3 rings (SSSR count). The van der Waals surface area contributed by atoms with E-state index in [1.807, 2.05) is 7.85 Å². The topological polar surface area (TPSA) is 85.5 Å². The van der Waals surface area contributed by atoms with Gasteiger partial charge in [0.1, 0.15) is 13.6 Å². The van der Waals surface area contributed by atoms with Crippen LogP contribution in [0.4, 0.5) is 13.2 Å². The van der Waals surface area contributed by atoms with Gasteiger partial charge >= 0.3 is 12.1 Å². The van der Waals surface area contributed by atoms with Crippen LogP contribution in [0.25, 0.3) is 22.8 Å². The highest BCUT2D eigenvalue weighted by Crippen LogP contribution is 2.32. The third-order valence-electron chi connectivity index (χ3n) is 3.61. The van der Waals surface area contributed by atoms with Crippen molar-refractivity contribution >= 4 is 19.3 Å². The minimum absolute atomic E-state index is 0.0639. The van der Waals surface area contributed by atoms with Crippen molar-refractivity contribution in [1.82, 2.24) is 10.1 Å². The number of benzene rings is 2. The minimum Gasteiger partial charge on any atom is -0.481 e. The Labute approximate surface area is 152 Å². The number of aliphatic carboxylic acids is 1. The van der Waals surface area contributed by atoms with E-state index < -0.39 is 24.3 Å². The van der Waals surface area contributed by atoms with E-state index in [2.05, 4.69) is 10.1 Å². The van der Waals surface area contributed by atoms with Gasteiger partial charge in [-0.05, 0) is 18.2 Å². The first kappa shape index (κ1) is 18.5. The molecule has 0 aliphatic rings. The smallest absolute Gasteiger partial charge is 0.416 e. The summed E-state index contributed by atoms with van der Waals surface area (Å²) in [7, 11) is 1.82. The van der Waals surface area contributed by atoms with Gasteiger partial charge < -0.3 is 14.4 Å². The van der Waals surface area contributed by atoms with Crippen LogP contribution >= 0.6 is 0 Å². The van der Waals surface area contributed by atoms with Gasteiger partial charge in [0.25, 0.3) is 5.89 Å². The van der Waals surface area contributed by atoms with E-state index in [1.54, 1.807) is 18.2 Å². The molecule has 0 atom stereocenters. The van der Waals surface area contributed by atoms with Crippen molar-refractivity contribution in [1.29, 1.82) is 0 Å². The molecule has 0 aliphatic heterocycles. The lowest BCUT2D eigenvalue weighted by atomic mass is 9.94. The van der Waals surface area contributed by atoms with Crippen LogP contribution in [-0.2, 0) is 11.0 Å².